The van der Waals surface area contributed by atoms with Crippen molar-refractivity contribution in [2.45, 2.75) is 58.7 Å². The zero-order chi connectivity index (χ0) is 12.8. The molecule has 0 saturated carbocycles. The van der Waals surface area contributed by atoms with E-state index in [4.69, 9.17) is 0 Å². The second-order valence-corrected chi connectivity index (χ2v) is 6.30. The van der Waals surface area contributed by atoms with Gasteiger partial charge in [-0.15, -0.1) is 0 Å². The molecule has 0 aliphatic carbocycles. The summed E-state index contributed by atoms with van der Waals surface area (Å²) >= 11 is 1.83. The minimum atomic E-state index is -0.157. The van der Waals surface area contributed by atoms with Gasteiger partial charge in [-0.05, 0) is 53.0 Å². The van der Waals surface area contributed by atoms with Crippen LogP contribution in [0.3, 0.4) is 0 Å². The number of carbonyl (C=O) groups excluding carboxylic acids is 1. The fourth-order valence-corrected chi connectivity index (χ4v) is 1.95. The Morgan fingerprint density at radius 3 is 2.31 bits per heavy atom. The van der Waals surface area contributed by atoms with Gasteiger partial charge < -0.3 is 10.6 Å². The highest BCUT2D eigenvalue weighted by atomic mass is 32.2. The van der Waals surface area contributed by atoms with Gasteiger partial charge >= 0.3 is 0 Å². The van der Waals surface area contributed by atoms with Gasteiger partial charge in [-0.3, -0.25) is 4.79 Å². The topological polar surface area (TPSA) is 41.1 Å². The summed E-state index contributed by atoms with van der Waals surface area (Å²) in [6.07, 6.45) is 3.19. The van der Waals surface area contributed by atoms with Crippen molar-refractivity contribution in [1.29, 1.82) is 0 Å². The SMILES string of the molecule is CSCCC(C)NC(C)C(=O)NC(C)(C)C. The van der Waals surface area contributed by atoms with Crippen LogP contribution >= 0.6 is 11.8 Å². The molecule has 0 bridgehead atoms. The third-order valence-electron chi connectivity index (χ3n) is 2.18. The first-order chi connectivity index (χ1) is 7.26. The molecule has 0 heterocycles. The monoisotopic (exact) mass is 246 g/mol. The highest BCUT2D eigenvalue weighted by Crippen LogP contribution is 2.03. The van der Waals surface area contributed by atoms with E-state index in [2.05, 4.69) is 23.8 Å². The largest absolute Gasteiger partial charge is 0.350 e. The maximum Gasteiger partial charge on any atom is 0.237 e. The van der Waals surface area contributed by atoms with Gasteiger partial charge in [-0.1, -0.05) is 0 Å². The first-order valence-electron chi connectivity index (χ1n) is 5.83. The van der Waals surface area contributed by atoms with Crippen molar-refractivity contribution < 1.29 is 4.79 Å². The number of thioether (sulfide) groups is 1. The molecule has 0 saturated heterocycles. The molecule has 0 radical (unpaired) electrons. The van der Waals surface area contributed by atoms with Crippen molar-refractivity contribution >= 4 is 17.7 Å². The van der Waals surface area contributed by atoms with E-state index in [1.165, 1.54) is 0 Å². The number of hydrogen-bond acceptors (Lipinski definition) is 3. The van der Waals surface area contributed by atoms with Crippen LogP contribution < -0.4 is 10.6 Å². The minimum absolute atomic E-state index is 0.0727. The summed E-state index contributed by atoms with van der Waals surface area (Å²) in [5.41, 5.74) is -0.157. The first kappa shape index (κ1) is 15.8. The average molecular weight is 246 g/mol. The van der Waals surface area contributed by atoms with Crippen LogP contribution in [0.15, 0.2) is 0 Å². The van der Waals surface area contributed by atoms with E-state index in [0.29, 0.717) is 6.04 Å². The molecule has 2 unspecified atom stereocenters. The van der Waals surface area contributed by atoms with Crippen molar-refractivity contribution in [2.24, 2.45) is 0 Å². The minimum Gasteiger partial charge on any atom is -0.350 e. The molecule has 0 aliphatic heterocycles. The summed E-state index contributed by atoms with van der Waals surface area (Å²) in [5.74, 6) is 1.20. The van der Waals surface area contributed by atoms with Gasteiger partial charge in [0.25, 0.3) is 0 Å². The van der Waals surface area contributed by atoms with Gasteiger partial charge in [0.15, 0.2) is 0 Å². The molecule has 0 spiro atoms. The molecule has 3 nitrogen and oxygen atoms in total. The summed E-state index contributed by atoms with van der Waals surface area (Å²) < 4.78 is 0. The number of nitrogens with one attached hydrogen (secondary N) is 2. The van der Waals surface area contributed by atoms with Crippen molar-refractivity contribution in [2.75, 3.05) is 12.0 Å². The predicted octanol–water partition coefficient (Wildman–Crippen LogP) is 2.02. The van der Waals surface area contributed by atoms with Crippen molar-refractivity contribution in [1.82, 2.24) is 10.6 Å². The van der Waals surface area contributed by atoms with Crippen molar-refractivity contribution in [3.8, 4) is 0 Å². The quantitative estimate of drug-likeness (QED) is 0.753. The van der Waals surface area contributed by atoms with E-state index in [0.717, 1.165) is 12.2 Å². The smallest absolute Gasteiger partial charge is 0.237 e. The lowest BCUT2D eigenvalue weighted by Gasteiger charge is -2.25. The molecular weight excluding hydrogens is 220 g/mol. The lowest BCUT2D eigenvalue weighted by Crippen LogP contribution is -2.51. The predicted molar refractivity (Wildman–Crippen MR) is 73.0 cm³/mol. The highest BCUT2D eigenvalue weighted by molar-refractivity contribution is 7.98. The molecule has 0 aliphatic rings. The molecular formula is C12H26N2OS. The molecule has 0 aromatic heterocycles. The zero-order valence-corrected chi connectivity index (χ0v) is 12.2. The molecule has 2 atom stereocenters. The summed E-state index contributed by atoms with van der Waals surface area (Å²) in [5, 5.41) is 6.29. The lowest BCUT2D eigenvalue weighted by molar-refractivity contribution is -0.124. The van der Waals surface area contributed by atoms with E-state index >= 15 is 0 Å². The van der Waals surface area contributed by atoms with E-state index in [1.807, 2.05) is 39.5 Å². The van der Waals surface area contributed by atoms with Gasteiger partial charge in [-0.2, -0.15) is 11.8 Å². The van der Waals surface area contributed by atoms with E-state index < -0.39 is 0 Å². The highest BCUT2D eigenvalue weighted by Gasteiger charge is 2.19. The second-order valence-electron chi connectivity index (χ2n) is 5.31. The van der Waals surface area contributed by atoms with Gasteiger partial charge in [-0.25, -0.2) is 0 Å². The molecule has 96 valence electrons. The number of hydrogen-bond donors (Lipinski definition) is 2. The van der Waals surface area contributed by atoms with Gasteiger partial charge in [0.05, 0.1) is 6.04 Å². The summed E-state index contributed by atoms with van der Waals surface area (Å²) in [7, 11) is 0. The molecule has 1 amide bonds. The van der Waals surface area contributed by atoms with Crippen LogP contribution in [0.2, 0.25) is 0 Å². The van der Waals surface area contributed by atoms with Crippen LogP contribution in [0.1, 0.15) is 41.0 Å². The Bertz CT molecular complexity index is 214. The Balaban J connectivity index is 3.95. The molecule has 0 rings (SSSR count). The summed E-state index contributed by atoms with van der Waals surface area (Å²) in [4.78, 5) is 11.8. The van der Waals surface area contributed by atoms with Crippen LogP contribution in [-0.4, -0.2) is 35.5 Å². The average Bonchev–Trinajstić information content (AvgIpc) is 2.11. The normalized spacial score (nSPS) is 15.6. The first-order valence-corrected chi connectivity index (χ1v) is 7.22. The number of carbonyl (C=O) groups is 1. The molecule has 16 heavy (non-hydrogen) atoms. The van der Waals surface area contributed by atoms with Crippen molar-refractivity contribution in [3.63, 3.8) is 0 Å². The number of amides is 1. The third-order valence-corrected chi connectivity index (χ3v) is 2.82. The number of rotatable bonds is 6. The Hall–Kier alpha value is -0.220. The zero-order valence-electron chi connectivity index (χ0n) is 11.4. The van der Waals surface area contributed by atoms with E-state index in [9.17, 15) is 4.79 Å². The third kappa shape index (κ3) is 7.99. The Kier molecular flexibility index (Phi) is 7.07. The molecule has 2 N–H and O–H groups in total. The maximum absolute atomic E-state index is 11.8. The standard InChI is InChI=1S/C12H26N2OS/c1-9(7-8-16-6)13-10(2)11(15)14-12(3,4)5/h9-10,13H,7-8H2,1-6H3,(H,14,15). The fraction of sp³-hybridized carbons (Fsp3) is 0.917. The van der Waals surface area contributed by atoms with Crippen LogP contribution in [0, 0.1) is 0 Å². The van der Waals surface area contributed by atoms with Crippen LogP contribution in [-0.2, 0) is 4.79 Å². The maximum atomic E-state index is 11.8. The van der Waals surface area contributed by atoms with Gasteiger partial charge in [0.2, 0.25) is 5.91 Å². The van der Waals surface area contributed by atoms with Crippen LogP contribution in [0.5, 0.6) is 0 Å². The van der Waals surface area contributed by atoms with Crippen LogP contribution in [0.25, 0.3) is 0 Å². The van der Waals surface area contributed by atoms with Gasteiger partial charge in [0.1, 0.15) is 0 Å². The second kappa shape index (κ2) is 7.17. The lowest BCUT2D eigenvalue weighted by atomic mass is 10.1. The molecule has 0 fully saturated rings. The van der Waals surface area contributed by atoms with Crippen molar-refractivity contribution in [3.05, 3.63) is 0 Å². The van der Waals surface area contributed by atoms with E-state index in [-0.39, 0.29) is 17.5 Å². The van der Waals surface area contributed by atoms with Crippen LogP contribution in [0.4, 0.5) is 0 Å². The summed E-state index contributed by atoms with van der Waals surface area (Å²) in [6, 6.07) is 0.254. The van der Waals surface area contributed by atoms with Gasteiger partial charge in [0, 0.05) is 11.6 Å². The molecule has 0 aromatic rings. The summed E-state index contributed by atoms with van der Waals surface area (Å²) in [6.45, 7) is 10.0. The van der Waals surface area contributed by atoms with E-state index in [1.54, 1.807) is 0 Å². The fourth-order valence-electron chi connectivity index (χ4n) is 1.36. The molecule has 0 aromatic carbocycles. The Morgan fingerprint density at radius 1 is 1.31 bits per heavy atom. The Morgan fingerprint density at radius 2 is 1.88 bits per heavy atom. The Labute approximate surface area is 104 Å². The molecule has 4 heteroatoms.